The molecule has 0 fully saturated rings. The second kappa shape index (κ2) is 7.74. The number of benzene rings is 1. The minimum absolute atomic E-state index is 0.00806. The Hall–Kier alpha value is -2.60. The summed E-state index contributed by atoms with van der Waals surface area (Å²) in [7, 11) is 0. The molecule has 6 heteroatoms. The number of aromatic nitrogens is 2. The molecule has 0 saturated carbocycles. The fourth-order valence-corrected chi connectivity index (χ4v) is 3.55. The Kier molecular flexibility index (Phi) is 5.42. The number of carbonyl (C=O) groups excluding carboxylic acids is 1. The third kappa shape index (κ3) is 4.14. The van der Waals surface area contributed by atoms with E-state index >= 15 is 0 Å². The lowest BCUT2D eigenvalue weighted by Crippen LogP contribution is -2.18. The van der Waals surface area contributed by atoms with E-state index in [1.54, 1.807) is 6.07 Å². The first-order valence-corrected chi connectivity index (χ1v) is 9.26. The average Bonchev–Trinajstić information content (AvgIpc) is 2.60. The van der Waals surface area contributed by atoms with Gasteiger partial charge >= 0.3 is 5.97 Å². The number of nitrogens with zero attached hydrogens (tertiary/aromatic N) is 2. The van der Waals surface area contributed by atoms with Crippen molar-refractivity contribution >= 4 is 23.4 Å². The van der Waals surface area contributed by atoms with E-state index in [4.69, 9.17) is 4.74 Å². The first-order chi connectivity index (χ1) is 12.4. The minimum Gasteiger partial charge on any atom is -0.459 e. The lowest BCUT2D eigenvalue weighted by Gasteiger charge is -2.08. The van der Waals surface area contributed by atoms with Crippen LogP contribution in [0, 0.1) is 20.8 Å². The largest absolute Gasteiger partial charge is 0.459 e. The van der Waals surface area contributed by atoms with Crippen LogP contribution in [0.4, 0.5) is 0 Å². The SMILES string of the molecule is Cc1ccc(C)c(SCC(=O)OCc2cc(=O)n3c(C)cccc3n2)c1. The fourth-order valence-electron chi connectivity index (χ4n) is 2.63. The predicted molar refractivity (Wildman–Crippen MR) is 103 cm³/mol. The van der Waals surface area contributed by atoms with Gasteiger partial charge in [-0.05, 0) is 44.5 Å². The third-order valence-electron chi connectivity index (χ3n) is 4.00. The highest BCUT2D eigenvalue weighted by Gasteiger charge is 2.09. The van der Waals surface area contributed by atoms with Gasteiger partial charge in [-0.15, -0.1) is 11.8 Å². The molecule has 5 nitrogen and oxygen atoms in total. The highest BCUT2D eigenvalue weighted by Crippen LogP contribution is 2.23. The van der Waals surface area contributed by atoms with Crippen LogP contribution in [0.1, 0.15) is 22.5 Å². The molecule has 26 heavy (non-hydrogen) atoms. The van der Waals surface area contributed by atoms with E-state index in [2.05, 4.69) is 11.1 Å². The Morgan fingerprint density at radius 2 is 1.96 bits per heavy atom. The standard InChI is InChI=1S/C20H20N2O3S/c1-13-7-8-14(2)17(9-13)26-12-20(24)25-11-16-10-19(23)22-15(3)5-4-6-18(22)21-16/h4-10H,11-12H2,1-3H3. The maximum Gasteiger partial charge on any atom is 0.316 e. The van der Waals surface area contributed by atoms with Gasteiger partial charge in [0.15, 0.2) is 0 Å². The molecule has 0 aliphatic heterocycles. The predicted octanol–water partition coefficient (Wildman–Crippen LogP) is 3.46. The molecule has 1 aromatic carbocycles. The van der Waals surface area contributed by atoms with Crippen molar-refractivity contribution in [1.29, 1.82) is 0 Å². The van der Waals surface area contributed by atoms with Gasteiger partial charge in [0.05, 0.1) is 11.4 Å². The number of hydrogen-bond donors (Lipinski definition) is 0. The number of carbonyl (C=O) groups is 1. The molecule has 0 unspecified atom stereocenters. The van der Waals surface area contributed by atoms with Gasteiger partial charge in [-0.25, -0.2) is 4.98 Å². The summed E-state index contributed by atoms with van der Waals surface area (Å²) in [5, 5.41) is 0. The summed E-state index contributed by atoms with van der Waals surface area (Å²) in [5.41, 5.74) is 3.92. The molecule has 134 valence electrons. The molecule has 0 saturated heterocycles. The molecule has 3 aromatic rings. The van der Waals surface area contributed by atoms with Crippen LogP contribution in [-0.4, -0.2) is 21.1 Å². The van der Waals surface area contributed by atoms with Gasteiger partial charge in [0, 0.05) is 16.7 Å². The molecule has 0 amide bonds. The van der Waals surface area contributed by atoms with E-state index < -0.39 is 0 Å². The summed E-state index contributed by atoms with van der Waals surface area (Å²) < 4.78 is 6.81. The Balaban J connectivity index is 1.64. The van der Waals surface area contributed by atoms with Gasteiger partial charge in [-0.1, -0.05) is 23.8 Å². The number of thioether (sulfide) groups is 1. The zero-order valence-corrected chi connectivity index (χ0v) is 15.8. The maximum atomic E-state index is 12.2. The number of pyridine rings is 1. The molecule has 0 N–H and O–H groups in total. The normalized spacial score (nSPS) is 10.9. The molecule has 0 bridgehead atoms. The van der Waals surface area contributed by atoms with Crippen LogP contribution in [0.25, 0.3) is 5.65 Å². The molecule has 0 atom stereocenters. The van der Waals surface area contributed by atoms with E-state index in [-0.39, 0.29) is 23.9 Å². The first kappa shape index (κ1) is 18.2. The molecule has 0 radical (unpaired) electrons. The van der Waals surface area contributed by atoms with Crippen molar-refractivity contribution in [2.45, 2.75) is 32.3 Å². The highest BCUT2D eigenvalue weighted by molar-refractivity contribution is 8.00. The topological polar surface area (TPSA) is 60.7 Å². The maximum absolute atomic E-state index is 12.2. The number of esters is 1. The van der Waals surface area contributed by atoms with Crippen LogP contribution in [0.3, 0.4) is 0 Å². The van der Waals surface area contributed by atoms with Crippen molar-refractivity contribution < 1.29 is 9.53 Å². The molecular weight excluding hydrogens is 348 g/mol. The summed E-state index contributed by atoms with van der Waals surface area (Å²) >= 11 is 1.45. The summed E-state index contributed by atoms with van der Waals surface area (Å²) in [5.74, 6) is -0.113. The van der Waals surface area contributed by atoms with Gasteiger partial charge in [-0.3, -0.25) is 14.0 Å². The molecule has 2 heterocycles. The van der Waals surface area contributed by atoms with Crippen LogP contribution in [0.2, 0.25) is 0 Å². The van der Waals surface area contributed by atoms with E-state index in [0.717, 1.165) is 21.7 Å². The highest BCUT2D eigenvalue weighted by atomic mass is 32.2. The van der Waals surface area contributed by atoms with Gasteiger partial charge in [0.25, 0.3) is 5.56 Å². The van der Waals surface area contributed by atoms with Crippen LogP contribution in [0.15, 0.2) is 52.2 Å². The fraction of sp³-hybridized carbons (Fsp3) is 0.250. The molecule has 0 aliphatic carbocycles. The zero-order chi connectivity index (χ0) is 18.7. The Bertz CT molecular complexity index is 1030. The summed E-state index contributed by atoms with van der Waals surface area (Å²) in [4.78, 5) is 29.7. The number of fused-ring (bicyclic) bond motifs is 1. The van der Waals surface area contributed by atoms with Crippen LogP contribution < -0.4 is 5.56 Å². The smallest absolute Gasteiger partial charge is 0.316 e. The van der Waals surface area contributed by atoms with Gasteiger partial charge in [0.1, 0.15) is 12.3 Å². The quantitative estimate of drug-likeness (QED) is 0.510. The molecule has 2 aromatic heterocycles. The van der Waals surface area contributed by atoms with Crippen molar-refractivity contribution in [3.05, 3.63) is 75.3 Å². The van der Waals surface area contributed by atoms with Gasteiger partial charge in [0.2, 0.25) is 0 Å². The molecular formula is C20H20N2O3S. The van der Waals surface area contributed by atoms with Crippen molar-refractivity contribution in [3.8, 4) is 0 Å². The molecule has 0 spiro atoms. The van der Waals surface area contributed by atoms with Gasteiger partial charge < -0.3 is 4.74 Å². The summed E-state index contributed by atoms with van der Waals surface area (Å²) in [6.07, 6.45) is 0. The second-order valence-electron chi connectivity index (χ2n) is 6.16. The average molecular weight is 368 g/mol. The van der Waals surface area contributed by atoms with Crippen molar-refractivity contribution in [2.75, 3.05) is 5.75 Å². The number of ether oxygens (including phenoxy) is 1. The van der Waals surface area contributed by atoms with Crippen molar-refractivity contribution in [2.24, 2.45) is 0 Å². The number of hydrogen-bond acceptors (Lipinski definition) is 5. The van der Waals surface area contributed by atoms with Crippen molar-refractivity contribution in [3.63, 3.8) is 0 Å². The summed E-state index contributed by atoms with van der Waals surface area (Å²) in [6, 6.07) is 13.0. The van der Waals surface area contributed by atoms with E-state index in [9.17, 15) is 9.59 Å². The van der Waals surface area contributed by atoms with Crippen LogP contribution >= 0.6 is 11.8 Å². The van der Waals surface area contributed by atoms with Crippen molar-refractivity contribution in [1.82, 2.24) is 9.38 Å². The minimum atomic E-state index is -0.331. The van der Waals surface area contributed by atoms with Gasteiger partial charge in [-0.2, -0.15) is 0 Å². The Morgan fingerprint density at radius 1 is 1.15 bits per heavy atom. The zero-order valence-electron chi connectivity index (χ0n) is 15.0. The van der Waals surface area contributed by atoms with Crippen LogP contribution in [-0.2, 0) is 16.1 Å². The van der Waals surface area contributed by atoms with E-state index in [1.165, 1.54) is 22.2 Å². The third-order valence-corrected chi connectivity index (χ3v) is 5.13. The lowest BCUT2D eigenvalue weighted by atomic mass is 10.2. The van der Waals surface area contributed by atoms with Crippen LogP contribution in [0.5, 0.6) is 0 Å². The molecule has 0 aliphatic rings. The Morgan fingerprint density at radius 3 is 2.77 bits per heavy atom. The number of aryl methyl sites for hydroxylation is 3. The first-order valence-electron chi connectivity index (χ1n) is 8.28. The monoisotopic (exact) mass is 368 g/mol. The Labute approximate surface area is 156 Å². The summed E-state index contributed by atoms with van der Waals surface area (Å²) in [6.45, 7) is 5.88. The second-order valence-corrected chi connectivity index (χ2v) is 7.18. The number of rotatable bonds is 5. The molecule has 3 rings (SSSR count). The van der Waals surface area contributed by atoms with E-state index in [0.29, 0.717) is 11.3 Å². The van der Waals surface area contributed by atoms with E-state index in [1.807, 2.05) is 45.0 Å². The lowest BCUT2D eigenvalue weighted by molar-refractivity contribution is -0.141.